The Morgan fingerprint density at radius 2 is 1.62 bits per heavy atom. The molecule has 4 heteroatoms. The second kappa shape index (κ2) is 8.68. The van der Waals surface area contributed by atoms with Crippen molar-refractivity contribution in [2.75, 3.05) is 0 Å². The van der Waals surface area contributed by atoms with Crippen LogP contribution in [0.2, 0.25) is 0 Å². The average Bonchev–Trinajstić information content (AvgIpc) is 2.68. The summed E-state index contributed by atoms with van der Waals surface area (Å²) in [5.74, 6) is 0.443. The van der Waals surface area contributed by atoms with Crippen LogP contribution in [-0.4, -0.2) is 5.91 Å². The van der Waals surface area contributed by atoms with Crippen LogP contribution < -0.4 is 5.32 Å². The molecule has 1 N–H and O–H groups in total. The normalized spacial score (nSPS) is 11.8. The topological polar surface area (TPSA) is 29.1 Å². The van der Waals surface area contributed by atoms with Crippen molar-refractivity contribution in [3.8, 4) is 0 Å². The predicted octanol–water partition coefficient (Wildman–Crippen LogP) is 5.61. The van der Waals surface area contributed by atoms with Crippen LogP contribution in [0, 0.1) is 5.82 Å². The lowest BCUT2D eigenvalue weighted by atomic mass is 10.1. The number of benzene rings is 3. The molecule has 0 aliphatic heterocycles. The van der Waals surface area contributed by atoms with E-state index in [-0.39, 0.29) is 17.8 Å². The fourth-order valence-electron chi connectivity index (χ4n) is 2.55. The van der Waals surface area contributed by atoms with E-state index in [0.29, 0.717) is 5.56 Å². The minimum atomic E-state index is -0.281. The number of hydrogen-bond acceptors (Lipinski definition) is 2. The van der Waals surface area contributed by atoms with Crippen LogP contribution in [0.15, 0.2) is 83.8 Å². The molecule has 1 atom stereocenters. The quantitative estimate of drug-likeness (QED) is 0.575. The highest BCUT2D eigenvalue weighted by molar-refractivity contribution is 7.98. The van der Waals surface area contributed by atoms with Crippen LogP contribution in [0.5, 0.6) is 0 Å². The fraction of sp³-hybridized carbons (Fsp3) is 0.136. The molecule has 3 rings (SSSR count). The summed E-state index contributed by atoms with van der Waals surface area (Å²) in [7, 11) is 0. The van der Waals surface area contributed by atoms with Crippen LogP contribution >= 0.6 is 11.8 Å². The number of rotatable bonds is 6. The molecule has 0 unspecified atom stereocenters. The minimum Gasteiger partial charge on any atom is -0.346 e. The summed E-state index contributed by atoms with van der Waals surface area (Å²) < 4.78 is 13.0. The van der Waals surface area contributed by atoms with Crippen molar-refractivity contribution in [3.63, 3.8) is 0 Å². The molecule has 0 aliphatic carbocycles. The summed E-state index contributed by atoms with van der Waals surface area (Å²) in [6.07, 6.45) is 0. The van der Waals surface area contributed by atoms with Gasteiger partial charge < -0.3 is 5.32 Å². The zero-order valence-corrected chi connectivity index (χ0v) is 15.3. The number of thioether (sulfide) groups is 1. The second-order valence-electron chi connectivity index (χ2n) is 6.05. The van der Waals surface area contributed by atoms with E-state index in [1.165, 1.54) is 22.6 Å². The summed E-state index contributed by atoms with van der Waals surface area (Å²) in [6, 6.07) is 23.9. The maximum absolute atomic E-state index is 13.0. The maximum atomic E-state index is 13.0. The van der Waals surface area contributed by atoms with Crippen LogP contribution in [0.25, 0.3) is 0 Å². The van der Waals surface area contributed by atoms with Crippen LogP contribution in [-0.2, 0) is 5.75 Å². The molecule has 0 radical (unpaired) electrons. The van der Waals surface area contributed by atoms with Crippen molar-refractivity contribution >= 4 is 17.7 Å². The molecule has 0 saturated heterocycles. The first-order valence-corrected chi connectivity index (χ1v) is 9.43. The van der Waals surface area contributed by atoms with E-state index in [1.54, 1.807) is 23.9 Å². The smallest absolute Gasteiger partial charge is 0.251 e. The number of nitrogens with one attached hydrogen (secondary N) is 1. The van der Waals surface area contributed by atoms with Crippen LogP contribution in [0.3, 0.4) is 0 Å². The van der Waals surface area contributed by atoms with Gasteiger partial charge in [0.2, 0.25) is 0 Å². The molecular formula is C22H20FNOS. The van der Waals surface area contributed by atoms with Gasteiger partial charge in [-0.25, -0.2) is 4.39 Å². The highest BCUT2D eigenvalue weighted by Crippen LogP contribution is 2.22. The lowest BCUT2D eigenvalue weighted by Gasteiger charge is -2.14. The lowest BCUT2D eigenvalue weighted by Crippen LogP contribution is -2.26. The van der Waals surface area contributed by atoms with E-state index in [0.717, 1.165) is 11.3 Å². The third kappa shape index (κ3) is 4.96. The maximum Gasteiger partial charge on any atom is 0.251 e. The minimum absolute atomic E-state index is 0.135. The van der Waals surface area contributed by atoms with E-state index in [9.17, 15) is 9.18 Å². The first-order valence-electron chi connectivity index (χ1n) is 8.45. The summed E-state index contributed by atoms with van der Waals surface area (Å²) in [4.78, 5) is 13.6. The molecular weight excluding hydrogens is 345 g/mol. The molecule has 26 heavy (non-hydrogen) atoms. The molecule has 0 spiro atoms. The molecule has 3 aromatic rings. The van der Waals surface area contributed by atoms with Crippen molar-refractivity contribution < 1.29 is 9.18 Å². The van der Waals surface area contributed by atoms with Gasteiger partial charge in [-0.15, -0.1) is 11.8 Å². The van der Waals surface area contributed by atoms with Crippen molar-refractivity contribution in [2.45, 2.75) is 23.6 Å². The molecule has 0 heterocycles. The molecule has 1 amide bonds. The van der Waals surface area contributed by atoms with E-state index in [2.05, 4.69) is 17.4 Å². The van der Waals surface area contributed by atoms with Gasteiger partial charge >= 0.3 is 0 Å². The van der Waals surface area contributed by atoms with Gasteiger partial charge in [0.25, 0.3) is 5.91 Å². The summed E-state index contributed by atoms with van der Waals surface area (Å²) in [5, 5.41) is 2.94. The van der Waals surface area contributed by atoms with Gasteiger partial charge in [0.15, 0.2) is 0 Å². The highest BCUT2D eigenvalue weighted by atomic mass is 32.2. The second-order valence-corrected chi connectivity index (χ2v) is 7.09. The van der Waals surface area contributed by atoms with E-state index < -0.39 is 0 Å². The molecule has 0 bridgehead atoms. The van der Waals surface area contributed by atoms with Gasteiger partial charge in [-0.1, -0.05) is 42.5 Å². The molecule has 0 aromatic heterocycles. The third-order valence-corrected chi connectivity index (χ3v) is 5.17. The standard InChI is InChI=1S/C22H20FNOS/c1-16(18-11-13-20(23)14-12-18)24-22(25)19-9-7-17(8-10-19)15-26-21-5-3-2-4-6-21/h2-14,16H,15H2,1H3,(H,24,25)/t16-/m1/s1. The molecule has 132 valence electrons. The van der Waals surface area contributed by atoms with Gasteiger partial charge in [-0.3, -0.25) is 4.79 Å². The Morgan fingerprint density at radius 1 is 0.962 bits per heavy atom. The van der Waals surface area contributed by atoms with Gasteiger partial charge in [0.1, 0.15) is 5.82 Å². The van der Waals surface area contributed by atoms with Crippen LogP contribution in [0.4, 0.5) is 4.39 Å². The molecule has 0 saturated carbocycles. The molecule has 2 nitrogen and oxygen atoms in total. The molecule has 0 fully saturated rings. The SMILES string of the molecule is C[C@@H](NC(=O)c1ccc(CSc2ccccc2)cc1)c1ccc(F)cc1. The van der Waals surface area contributed by atoms with Gasteiger partial charge in [-0.05, 0) is 54.4 Å². The average molecular weight is 365 g/mol. The molecule has 0 aliphatic rings. The monoisotopic (exact) mass is 365 g/mol. The van der Waals surface area contributed by atoms with E-state index in [4.69, 9.17) is 0 Å². The van der Waals surface area contributed by atoms with Crippen molar-refractivity contribution in [1.82, 2.24) is 5.32 Å². The van der Waals surface area contributed by atoms with Gasteiger partial charge in [0, 0.05) is 16.2 Å². The zero-order valence-electron chi connectivity index (χ0n) is 14.5. The first kappa shape index (κ1) is 18.2. The Kier molecular flexibility index (Phi) is 6.08. The largest absolute Gasteiger partial charge is 0.346 e. The number of amides is 1. The summed E-state index contributed by atoms with van der Waals surface area (Å²) in [5.41, 5.74) is 2.66. The van der Waals surface area contributed by atoms with Crippen molar-refractivity contribution in [3.05, 3.63) is 101 Å². The molecule has 3 aromatic carbocycles. The van der Waals surface area contributed by atoms with Gasteiger partial charge in [0.05, 0.1) is 6.04 Å². The zero-order chi connectivity index (χ0) is 18.4. The number of halogens is 1. The Balaban J connectivity index is 1.57. The third-order valence-electron chi connectivity index (χ3n) is 4.08. The van der Waals surface area contributed by atoms with Crippen LogP contribution in [0.1, 0.15) is 34.5 Å². The first-order chi connectivity index (χ1) is 12.6. The van der Waals surface area contributed by atoms with E-state index in [1.807, 2.05) is 49.4 Å². The Hall–Kier alpha value is -2.59. The number of carbonyl (C=O) groups excluding carboxylic acids is 1. The predicted molar refractivity (Wildman–Crippen MR) is 105 cm³/mol. The van der Waals surface area contributed by atoms with E-state index >= 15 is 0 Å². The lowest BCUT2D eigenvalue weighted by molar-refractivity contribution is 0.0940. The highest BCUT2D eigenvalue weighted by Gasteiger charge is 2.11. The Bertz CT molecular complexity index is 848. The van der Waals surface area contributed by atoms with Crippen molar-refractivity contribution in [1.29, 1.82) is 0 Å². The number of carbonyl (C=O) groups is 1. The Labute approximate surface area is 157 Å². The fourth-order valence-corrected chi connectivity index (χ4v) is 3.43. The number of hydrogen-bond donors (Lipinski definition) is 1. The summed E-state index contributed by atoms with van der Waals surface area (Å²) in [6.45, 7) is 1.88. The Morgan fingerprint density at radius 3 is 2.27 bits per heavy atom. The van der Waals surface area contributed by atoms with Crippen molar-refractivity contribution in [2.24, 2.45) is 0 Å². The van der Waals surface area contributed by atoms with Gasteiger partial charge in [-0.2, -0.15) is 0 Å². The summed E-state index contributed by atoms with van der Waals surface area (Å²) >= 11 is 1.77.